The van der Waals surface area contributed by atoms with Crippen LogP contribution in [0.15, 0.2) is 12.2 Å². The molecule has 0 bridgehead atoms. The van der Waals surface area contributed by atoms with E-state index in [2.05, 4.69) is 6.58 Å². The maximum absolute atomic E-state index is 11.7. The number of hydrogen-bond donors (Lipinski definition) is 1. The Hall–Kier alpha value is -0.630. The van der Waals surface area contributed by atoms with Crippen LogP contribution in [-0.2, 0) is 4.79 Å². The summed E-state index contributed by atoms with van der Waals surface area (Å²) in [7, 11) is 0. The smallest absolute Gasteiger partial charge is 0.139 e. The second kappa shape index (κ2) is 5.30. The fourth-order valence-corrected chi connectivity index (χ4v) is 2.16. The quantitative estimate of drug-likeness (QED) is 0.699. The summed E-state index contributed by atoms with van der Waals surface area (Å²) in [5, 5.41) is 0. The minimum atomic E-state index is 0.287. The minimum Gasteiger partial charge on any atom is -0.330 e. The van der Waals surface area contributed by atoms with Crippen molar-refractivity contribution in [3.63, 3.8) is 0 Å². The zero-order valence-electron chi connectivity index (χ0n) is 9.09. The largest absolute Gasteiger partial charge is 0.330 e. The highest BCUT2D eigenvalue weighted by Gasteiger charge is 2.24. The molecular weight excluding hydrogens is 174 g/mol. The topological polar surface area (TPSA) is 43.1 Å². The average Bonchev–Trinajstić information content (AvgIpc) is 2.17. The molecule has 0 amide bonds. The third kappa shape index (κ3) is 3.26. The Labute approximate surface area is 86.6 Å². The van der Waals surface area contributed by atoms with Gasteiger partial charge in [0.2, 0.25) is 0 Å². The average molecular weight is 195 g/mol. The van der Waals surface area contributed by atoms with E-state index >= 15 is 0 Å². The molecule has 0 aliphatic heterocycles. The van der Waals surface area contributed by atoms with Crippen LogP contribution in [0.4, 0.5) is 0 Å². The predicted octanol–water partition coefficient (Wildman–Crippen LogP) is 2.29. The molecule has 2 heteroatoms. The molecule has 1 saturated carbocycles. The van der Waals surface area contributed by atoms with Crippen molar-refractivity contribution >= 4 is 5.78 Å². The molecule has 1 aliphatic carbocycles. The van der Waals surface area contributed by atoms with Crippen LogP contribution in [0.5, 0.6) is 0 Å². The van der Waals surface area contributed by atoms with Crippen molar-refractivity contribution in [1.82, 2.24) is 0 Å². The summed E-state index contributed by atoms with van der Waals surface area (Å²) in [6.07, 6.45) is 4.89. The van der Waals surface area contributed by atoms with Gasteiger partial charge in [0, 0.05) is 12.3 Å². The number of carbonyl (C=O) groups is 1. The zero-order valence-corrected chi connectivity index (χ0v) is 9.09. The lowest BCUT2D eigenvalue weighted by Crippen LogP contribution is -2.25. The summed E-state index contributed by atoms with van der Waals surface area (Å²) in [4.78, 5) is 11.7. The molecule has 0 spiro atoms. The van der Waals surface area contributed by atoms with Gasteiger partial charge in [-0.3, -0.25) is 4.79 Å². The van der Waals surface area contributed by atoms with Gasteiger partial charge >= 0.3 is 0 Å². The van der Waals surface area contributed by atoms with Crippen molar-refractivity contribution in [3.8, 4) is 0 Å². The highest BCUT2D eigenvalue weighted by molar-refractivity contribution is 5.83. The molecule has 0 unspecified atom stereocenters. The van der Waals surface area contributed by atoms with Crippen LogP contribution in [-0.4, -0.2) is 12.3 Å². The normalized spacial score (nSPS) is 27.3. The molecule has 0 saturated heterocycles. The van der Waals surface area contributed by atoms with Gasteiger partial charge in [0.1, 0.15) is 5.78 Å². The van der Waals surface area contributed by atoms with Gasteiger partial charge in [0.25, 0.3) is 0 Å². The molecule has 0 radical (unpaired) electrons. The summed E-state index contributed by atoms with van der Waals surface area (Å²) >= 11 is 0. The van der Waals surface area contributed by atoms with E-state index in [9.17, 15) is 4.79 Å². The Morgan fingerprint density at radius 2 is 1.93 bits per heavy atom. The number of Topliss-reactive ketones (excluding diaryl/α,β-unsaturated/α-hetero) is 1. The van der Waals surface area contributed by atoms with Gasteiger partial charge in [0.05, 0.1) is 0 Å². The van der Waals surface area contributed by atoms with Crippen LogP contribution in [0.3, 0.4) is 0 Å². The Bertz CT molecular complexity index is 214. The molecule has 0 aromatic heterocycles. The first-order chi connectivity index (χ1) is 6.63. The SMILES string of the molecule is C=C(C)CC(=O)C1CCC(CN)CC1. The first-order valence-electron chi connectivity index (χ1n) is 5.50. The molecule has 1 fully saturated rings. The van der Waals surface area contributed by atoms with Gasteiger partial charge in [0.15, 0.2) is 0 Å². The van der Waals surface area contributed by atoms with Crippen molar-refractivity contribution in [3.05, 3.63) is 12.2 Å². The lowest BCUT2D eigenvalue weighted by atomic mass is 9.79. The highest BCUT2D eigenvalue weighted by Crippen LogP contribution is 2.29. The Morgan fingerprint density at radius 1 is 1.36 bits per heavy atom. The van der Waals surface area contributed by atoms with Gasteiger partial charge in [-0.05, 0) is 45.1 Å². The van der Waals surface area contributed by atoms with E-state index in [1.807, 2.05) is 6.92 Å². The second-order valence-electron chi connectivity index (χ2n) is 4.55. The predicted molar refractivity (Wildman–Crippen MR) is 58.9 cm³/mol. The minimum absolute atomic E-state index is 0.287. The molecule has 0 aromatic rings. The summed E-state index contributed by atoms with van der Waals surface area (Å²) in [6, 6.07) is 0. The maximum atomic E-state index is 11.7. The molecule has 14 heavy (non-hydrogen) atoms. The molecule has 0 aromatic carbocycles. The van der Waals surface area contributed by atoms with Gasteiger partial charge in [-0.2, -0.15) is 0 Å². The number of ketones is 1. The van der Waals surface area contributed by atoms with Crippen LogP contribution in [0.25, 0.3) is 0 Å². The van der Waals surface area contributed by atoms with E-state index in [0.29, 0.717) is 18.1 Å². The first kappa shape index (κ1) is 11.4. The molecule has 1 aliphatic rings. The highest BCUT2D eigenvalue weighted by atomic mass is 16.1. The zero-order chi connectivity index (χ0) is 10.6. The van der Waals surface area contributed by atoms with Crippen LogP contribution < -0.4 is 5.73 Å². The van der Waals surface area contributed by atoms with Crippen molar-refractivity contribution in [2.45, 2.75) is 39.0 Å². The molecular formula is C12H21NO. The van der Waals surface area contributed by atoms with Crippen molar-refractivity contribution in [1.29, 1.82) is 0 Å². The van der Waals surface area contributed by atoms with E-state index in [0.717, 1.165) is 37.8 Å². The number of hydrogen-bond acceptors (Lipinski definition) is 2. The third-order valence-electron chi connectivity index (χ3n) is 3.11. The summed E-state index contributed by atoms with van der Waals surface area (Å²) in [5.74, 6) is 1.33. The monoisotopic (exact) mass is 195 g/mol. The Morgan fingerprint density at radius 3 is 2.36 bits per heavy atom. The molecule has 0 atom stereocenters. The maximum Gasteiger partial charge on any atom is 0.139 e. The fraction of sp³-hybridized carbons (Fsp3) is 0.750. The van der Waals surface area contributed by atoms with E-state index in [4.69, 9.17) is 5.73 Å². The lowest BCUT2D eigenvalue weighted by molar-refractivity contribution is -0.123. The molecule has 2 N–H and O–H groups in total. The van der Waals surface area contributed by atoms with Gasteiger partial charge in [-0.1, -0.05) is 12.2 Å². The van der Waals surface area contributed by atoms with Crippen molar-refractivity contribution < 1.29 is 4.79 Å². The van der Waals surface area contributed by atoms with E-state index in [-0.39, 0.29) is 5.92 Å². The Balaban J connectivity index is 2.34. The van der Waals surface area contributed by atoms with Crippen LogP contribution in [0.1, 0.15) is 39.0 Å². The molecule has 2 nitrogen and oxygen atoms in total. The third-order valence-corrected chi connectivity index (χ3v) is 3.11. The van der Waals surface area contributed by atoms with Gasteiger partial charge < -0.3 is 5.73 Å². The summed E-state index contributed by atoms with van der Waals surface area (Å²) < 4.78 is 0. The van der Waals surface area contributed by atoms with E-state index < -0.39 is 0 Å². The van der Waals surface area contributed by atoms with Gasteiger partial charge in [-0.25, -0.2) is 0 Å². The molecule has 1 rings (SSSR count). The molecule has 0 heterocycles. The standard InChI is InChI=1S/C12H21NO/c1-9(2)7-12(14)11-5-3-10(8-13)4-6-11/h10-11H,1,3-8,13H2,2H3. The van der Waals surface area contributed by atoms with Crippen molar-refractivity contribution in [2.24, 2.45) is 17.6 Å². The van der Waals surface area contributed by atoms with Crippen LogP contribution in [0, 0.1) is 11.8 Å². The lowest BCUT2D eigenvalue weighted by Gasteiger charge is -2.26. The molecule has 80 valence electrons. The van der Waals surface area contributed by atoms with Crippen LogP contribution >= 0.6 is 0 Å². The Kier molecular flexibility index (Phi) is 4.33. The second-order valence-corrected chi connectivity index (χ2v) is 4.55. The summed E-state index contributed by atoms with van der Waals surface area (Å²) in [6.45, 7) is 6.48. The van der Waals surface area contributed by atoms with E-state index in [1.54, 1.807) is 0 Å². The first-order valence-corrected chi connectivity index (χ1v) is 5.50. The fourth-order valence-electron chi connectivity index (χ4n) is 2.16. The van der Waals surface area contributed by atoms with Crippen LogP contribution in [0.2, 0.25) is 0 Å². The van der Waals surface area contributed by atoms with Gasteiger partial charge in [-0.15, -0.1) is 0 Å². The summed E-state index contributed by atoms with van der Waals surface area (Å²) in [5.41, 5.74) is 6.59. The number of nitrogens with two attached hydrogens (primary N) is 1. The number of allylic oxidation sites excluding steroid dienone is 1. The number of rotatable bonds is 4. The van der Waals surface area contributed by atoms with E-state index in [1.165, 1.54) is 0 Å². The number of carbonyl (C=O) groups excluding carboxylic acids is 1. The van der Waals surface area contributed by atoms with Crippen molar-refractivity contribution in [2.75, 3.05) is 6.54 Å².